The molecule has 38 heavy (non-hydrogen) atoms. The molecule has 0 aliphatic carbocycles. The molecule has 8 nitrogen and oxygen atoms in total. The molecule has 0 aromatic heterocycles. The van der Waals surface area contributed by atoms with E-state index < -0.39 is 35.6 Å². The van der Waals surface area contributed by atoms with Crippen molar-refractivity contribution in [2.24, 2.45) is 17.8 Å². The lowest BCUT2D eigenvalue weighted by Gasteiger charge is -2.37. The number of amides is 3. The normalized spacial score (nSPS) is 28.4. The fourth-order valence-corrected chi connectivity index (χ4v) is 6.69. The number of hydrogen-bond donors (Lipinski definition) is 3. The molecule has 2 unspecified atom stereocenters. The van der Waals surface area contributed by atoms with E-state index in [1.165, 1.54) is 0 Å². The van der Waals surface area contributed by atoms with Crippen molar-refractivity contribution in [3.63, 3.8) is 0 Å². The second kappa shape index (κ2) is 10.9. The van der Waals surface area contributed by atoms with Gasteiger partial charge < -0.3 is 25.4 Å². The van der Waals surface area contributed by atoms with Gasteiger partial charge in [-0.2, -0.15) is 0 Å². The van der Waals surface area contributed by atoms with E-state index in [4.69, 9.17) is 4.74 Å². The van der Waals surface area contributed by atoms with E-state index in [9.17, 15) is 19.5 Å². The Kier molecular flexibility index (Phi) is 7.54. The van der Waals surface area contributed by atoms with Gasteiger partial charge in [-0.15, -0.1) is 0 Å². The summed E-state index contributed by atoms with van der Waals surface area (Å²) in [5.74, 6) is -2.04. The molecule has 2 bridgehead atoms. The Balaban J connectivity index is 1.43. The Morgan fingerprint density at radius 3 is 2.13 bits per heavy atom. The number of nitrogens with one attached hydrogen (secondary N) is 2. The highest BCUT2D eigenvalue weighted by Gasteiger charge is 2.75. The molecule has 8 heteroatoms. The third-order valence-electron chi connectivity index (χ3n) is 8.26. The Labute approximate surface area is 223 Å². The Morgan fingerprint density at radius 1 is 1.00 bits per heavy atom. The van der Waals surface area contributed by atoms with Gasteiger partial charge in [0.25, 0.3) is 0 Å². The van der Waals surface area contributed by atoms with Crippen LogP contribution in [0.3, 0.4) is 0 Å². The maximum atomic E-state index is 14.1. The fraction of sp³-hybridized carbons (Fsp3) is 0.500. The zero-order valence-corrected chi connectivity index (χ0v) is 22.0. The van der Waals surface area contributed by atoms with E-state index in [1.54, 1.807) is 4.90 Å². The summed E-state index contributed by atoms with van der Waals surface area (Å²) >= 11 is 0. The van der Waals surface area contributed by atoms with Crippen molar-refractivity contribution in [3.8, 4) is 0 Å². The first-order valence-corrected chi connectivity index (χ1v) is 13.6. The monoisotopic (exact) mass is 519 g/mol. The summed E-state index contributed by atoms with van der Waals surface area (Å²) in [4.78, 5) is 43.0. The van der Waals surface area contributed by atoms with Crippen LogP contribution in [0.15, 0.2) is 60.7 Å². The number of benzene rings is 2. The molecule has 3 saturated heterocycles. The molecule has 3 aliphatic heterocycles. The van der Waals surface area contributed by atoms with Crippen LogP contribution in [0.25, 0.3) is 0 Å². The van der Waals surface area contributed by atoms with Gasteiger partial charge in [-0.05, 0) is 36.3 Å². The molecule has 3 fully saturated rings. The molecule has 2 aromatic carbocycles. The first-order chi connectivity index (χ1) is 18.4. The number of carbonyl (C=O) groups excluding carboxylic acids is 3. The van der Waals surface area contributed by atoms with Crippen LogP contribution in [0, 0.1) is 17.8 Å². The molecule has 2 aromatic rings. The van der Waals surface area contributed by atoms with Crippen LogP contribution in [-0.4, -0.2) is 58.1 Å². The molecule has 0 radical (unpaired) electrons. The van der Waals surface area contributed by atoms with Crippen LogP contribution < -0.4 is 10.6 Å². The average Bonchev–Trinajstić information content (AvgIpc) is 3.57. The van der Waals surface area contributed by atoms with Crippen LogP contribution in [-0.2, 0) is 32.2 Å². The largest absolute Gasteiger partial charge is 0.394 e. The predicted molar refractivity (Wildman–Crippen MR) is 141 cm³/mol. The maximum Gasteiger partial charge on any atom is 0.246 e. The fourth-order valence-electron chi connectivity index (χ4n) is 6.69. The van der Waals surface area contributed by atoms with Crippen molar-refractivity contribution in [3.05, 3.63) is 71.8 Å². The average molecular weight is 520 g/mol. The highest BCUT2D eigenvalue weighted by Crippen LogP contribution is 2.58. The molecule has 202 valence electrons. The summed E-state index contributed by atoms with van der Waals surface area (Å²) < 4.78 is 6.49. The lowest BCUT2D eigenvalue weighted by molar-refractivity contribution is -0.146. The van der Waals surface area contributed by atoms with E-state index in [0.717, 1.165) is 11.1 Å². The minimum atomic E-state index is -1.08. The van der Waals surface area contributed by atoms with Crippen LogP contribution in [0.1, 0.15) is 44.2 Å². The number of likely N-dealkylation sites (tertiary alicyclic amines) is 1. The van der Waals surface area contributed by atoms with Crippen LogP contribution >= 0.6 is 0 Å². The van der Waals surface area contributed by atoms with E-state index in [0.29, 0.717) is 32.4 Å². The first-order valence-electron chi connectivity index (χ1n) is 13.6. The minimum Gasteiger partial charge on any atom is -0.394 e. The van der Waals surface area contributed by atoms with Gasteiger partial charge in [0.15, 0.2) is 0 Å². The van der Waals surface area contributed by atoms with Crippen molar-refractivity contribution in [1.82, 2.24) is 15.5 Å². The van der Waals surface area contributed by atoms with Crippen molar-refractivity contribution in [1.29, 1.82) is 0 Å². The number of rotatable bonds is 10. The summed E-state index contributed by atoms with van der Waals surface area (Å²) in [6.45, 7) is 4.46. The van der Waals surface area contributed by atoms with E-state index in [2.05, 4.69) is 10.6 Å². The molecule has 6 atom stereocenters. The van der Waals surface area contributed by atoms with Gasteiger partial charge in [-0.25, -0.2) is 0 Å². The first kappa shape index (κ1) is 26.4. The molecule has 5 rings (SSSR count). The molecule has 3 N–H and O–H groups in total. The van der Waals surface area contributed by atoms with Gasteiger partial charge in [0.2, 0.25) is 17.7 Å². The van der Waals surface area contributed by atoms with Crippen LogP contribution in [0.2, 0.25) is 0 Å². The number of nitrogens with zero attached hydrogens (tertiary/aromatic N) is 1. The highest BCUT2D eigenvalue weighted by atomic mass is 16.5. The summed E-state index contributed by atoms with van der Waals surface area (Å²) in [5, 5.41) is 16.3. The third-order valence-corrected chi connectivity index (χ3v) is 8.26. The lowest BCUT2D eigenvalue weighted by Crippen LogP contribution is -2.58. The van der Waals surface area contributed by atoms with Gasteiger partial charge in [-0.3, -0.25) is 14.4 Å². The number of hydrogen-bond acceptors (Lipinski definition) is 5. The summed E-state index contributed by atoms with van der Waals surface area (Å²) in [5.41, 5.74) is 0.831. The molecule has 3 aliphatic rings. The highest BCUT2D eigenvalue weighted by molar-refractivity contribution is 5.99. The van der Waals surface area contributed by atoms with Gasteiger partial charge in [-0.1, -0.05) is 74.5 Å². The van der Waals surface area contributed by atoms with Crippen molar-refractivity contribution in [2.45, 2.75) is 70.0 Å². The van der Waals surface area contributed by atoms with Crippen molar-refractivity contribution in [2.75, 3.05) is 6.61 Å². The molecule has 3 heterocycles. The Hall–Kier alpha value is -3.23. The smallest absolute Gasteiger partial charge is 0.246 e. The van der Waals surface area contributed by atoms with Gasteiger partial charge >= 0.3 is 0 Å². The number of aliphatic hydroxyl groups is 1. The molecular weight excluding hydrogens is 482 g/mol. The zero-order valence-electron chi connectivity index (χ0n) is 22.0. The number of aliphatic hydroxyl groups excluding tert-OH is 1. The van der Waals surface area contributed by atoms with E-state index >= 15 is 0 Å². The van der Waals surface area contributed by atoms with Crippen molar-refractivity contribution >= 4 is 17.7 Å². The maximum absolute atomic E-state index is 14.1. The zero-order chi connectivity index (χ0) is 26.9. The van der Waals surface area contributed by atoms with E-state index in [-0.39, 0.29) is 30.2 Å². The SMILES string of the molecule is CC(C)C[C@H](CO)N1C(=O)[C@@H]2[C@@H](C(=O)NCc3ccccc3)[C@H]3CCC2(O3)C1C(=O)NCc1ccccc1. The lowest BCUT2D eigenvalue weighted by atomic mass is 9.70. The quantitative estimate of drug-likeness (QED) is 0.447. The minimum absolute atomic E-state index is 0.202. The predicted octanol–water partition coefficient (Wildman–Crippen LogP) is 2.40. The molecule has 1 spiro atoms. The second-order valence-electron chi connectivity index (χ2n) is 11.2. The van der Waals surface area contributed by atoms with Crippen LogP contribution in [0.4, 0.5) is 0 Å². The molecule has 3 amide bonds. The van der Waals surface area contributed by atoms with Crippen molar-refractivity contribution < 1.29 is 24.2 Å². The molecule has 0 saturated carbocycles. The van der Waals surface area contributed by atoms with Gasteiger partial charge in [0, 0.05) is 13.1 Å². The second-order valence-corrected chi connectivity index (χ2v) is 11.2. The van der Waals surface area contributed by atoms with Gasteiger partial charge in [0.1, 0.15) is 11.6 Å². The molecular formula is C30H37N3O5. The summed E-state index contributed by atoms with van der Waals surface area (Å²) in [7, 11) is 0. The number of carbonyl (C=O) groups is 3. The summed E-state index contributed by atoms with van der Waals surface area (Å²) in [6, 6.07) is 17.8. The van der Waals surface area contributed by atoms with E-state index in [1.807, 2.05) is 74.5 Å². The topological polar surface area (TPSA) is 108 Å². The number of ether oxygens (including phenoxy) is 1. The number of fused-ring (bicyclic) bond motifs is 1. The van der Waals surface area contributed by atoms with Gasteiger partial charge in [0.05, 0.1) is 30.6 Å². The Bertz CT molecular complexity index is 1160. The van der Waals surface area contributed by atoms with Crippen LogP contribution in [0.5, 0.6) is 0 Å². The Morgan fingerprint density at radius 2 is 1.58 bits per heavy atom. The standard InChI is InChI=1S/C30H37N3O5/c1-19(2)15-22(18-34)33-26(28(36)32-17-21-11-7-4-8-12-21)30-14-13-23(38-30)24(25(30)29(33)37)27(35)31-16-20-9-5-3-6-10-20/h3-12,19,22-26,34H,13-18H2,1-2H3,(H,31,35)(H,32,36)/t22-,23-,24+,25+,26?,30?/m1/s1. The summed E-state index contributed by atoms with van der Waals surface area (Å²) in [6.07, 6.45) is 1.26. The third kappa shape index (κ3) is 4.71.